The molecule has 0 unspecified atom stereocenters. The number of fused-ring (bicyclic) bond motifs is 1. The molecule has 1 heterocycles. The molecule has 0 bridgehead atoms. The molecule has 0 saturated heterocycles. The van der Waals surface area contributed by atoms with Gasteiger partial charge in [-0.1, -0.05) is 12.1 Å². The highest BCUT2D eigenvalue weighted by molar-refractivity contribution is 5.91. The molecule has 1 aromatic heterocycles. The Balaban J connectivity index is 1.62. The number of benzene rings is 1. The summed E-state index contributed by atoms with van der Waals surface area (Å²) in [6, 6.07) is 7.58. The summed E-state index contributed by atoms with van der Waals surface area (Å²) in [7, 11) is 0. The van der Waals surface area contributed by atoms with Crippen LogP contribution in [0.5, 0.6) is 0 Å². The Morgan fingerprint density at radius 1 is 1.33 bits per heavy atom. The zero-order valence-electron chi connectivity index (χ0n) is 11.6. The third kappa shape index (κ3) is 3.25. The SMILES string of the molecule is O=C(C=Cc1cnc2ccccc2n1)NCC1(O)CCC1. The number of hydrogen-bond acceptors (Lipinski definition) is 4. The standard InChI is InChI=1S/C16H17N3O2/c20-15(18-11-16(21)8-3-9-16)7-6-12-10-17-13-4-1-2-5-14(13)19-12/h1-2,4-7,10,21H,3,8-9,11H2,(H,18,20). The lowest BCUT2D eigenvalue weighted by atomic mass is 9.80. The van der Waals surface area contributed by atoms with Crippen molar-refractivity contribution in [2.75, 3.05) is 6.54 Å². The molecule has 1 amide bonds. The molecule has 108 valence electrons. The van der Waals surface area contributed by atoms with Gasteiger partial charge in [-0.3, -0.25) is 9.78 Å². The van der Waals surface area contributed by atoms with Gasteiger partial charge < -0.3 is 10.4 Å². The van der Waals surface area contributed by atoms with E-state index in [-0.39, 0.29) is 5.91 Å². The topological polar surface area (TPSA) is 75.1 Å². The van der Waals surface area contributed by atoms with Crippen molar-refractivity contribution < 1.29 is 9.90 Å². The van der Waals surface area contributed by atoms with Crippen LogP contribution in [-0.2, 0) is 4.79 Å². The fourth-order valence-electron chi connectivity index (χ4n) is 2.29. The van der Waals surface area contributed by atoms with E-state index in [4.69, 9.17) is 0 Å². The maximum Gasteiger partial charge on any atom is 0.244 e. The Kier molecular flexibility index (Phi) is 3.66. The van der Waals surface area contributed by atoms with Gasteiger partial charge in [0.05, 0.1) is 28.5 Å². The van der Waals surface area contributed by atoms with E-state index < -0.39 is 5.60 Å². The summed E-state index contributed by atoms with van der Waals surface area (Å²) < 4.78 is 0. The van der Waals surface area contributed by atoms with E-state index in [1.807, 2.05) is 24.3 Å². The lowest BCUT2D eigenvalue weighted by Gasteiger charge is -2.36. The fourth-order valence-corrected chi connectivity index (χ4v) is 2.29. The number of para-hydroxylation sites is 2. The number of rotatable bonds is 4. The molecule has 0 radical (unpaired) electrons. The first kappa shape index (κ1) is 13.7. The van der Waals surface area contributed by atoms with Gasteiger partial charge >= 0.3 is 0 Å². The number of amides is 1. The third-order valence-corrected chi connectivity index (χ3v) is 3.75. The predicted molar refractivity (Wildman–Crippen MR) is 80.4 cm³/mol. The predicted octanol–water partition coefficient (Wildman–Crippen LogP) is 1.67. The smallest absolute Gasteiger partial charge is 0.244 e. The van der Waals surface area contributed by atoms with Crippen molar-refractivity contribution in [1.29, 1.82) is 0 Å². The molecule has 0 spiro atoms. The molecule has 5 nitrogen and oxygen atoms in total. The monoisotopic (exact) mass is 283 g/mol. The number of nitrogens with one attached hydrogen (secondary N) is 1. The van der Waals surface area contributed by atoms with Gasteiger partial charge in [0, 0.05) is 12.6 Å². The lowest BCUT2D eigenvalue weighted by molar-refractivity contribution is -0.118. The van der Waals surface area contributed by atoms with Crippen molar-refractivity contribution in [3.63, 3.8) is 0 Å². The van der Waals surface area contributed by atoms with E-state index in [0.717, 1.165) is 30.3 Å². The Morgan fingerprint density at radius 2 is 2.10 bits per heavy atom. The van der Waals surface area contributed by atoms with Crippen molar-refractivity contribution in [3.8, 4) is 0 Å². The maximum absolute atomic E-state index is 11.7. The maximum atomic E-state index is 11.7. The van der Waals surface area contributed by atoms with Gasteiger partial charge in [-0.05, 0) is 37.5 Å². The highest BCUT2D eigenvalue weighted by Crippen LogP contribution is 2.30. The average Bonchev–Trinajstić information content (AvgIpc) is 2.49. The largest absolute Gasteiger partial charge is 0.388 e. The Bertz CT molecular complexity index is 693. The second kappa shape index (κ2) is 5.61. The number of carbonyl (C=O) groups is 1. The van der Waals surface area contributed by atoms with Crippen molar-refractivity contribution in [3.05, 3.63) is 42.2 Å². The summed E-state index contributed by atoms with van der Waals surface area (Å²) in [5.74, 6) is -0.231. The first-order valence-electron chi connectivity index (χ1n) is 7.05. The average molecular weight is 283 g/mol. The third-order valence-electron chi connectivity index (χ3n) is 3.75. The fraction of sp³-hybridized carbons (Fsp3) is 0.312. The van der Waals surface area contributed by atoms with Crippen molar-refractivity contribution in [2.24, 2.45) is 0 Å². The van der Waals surface area contributed by atoms with E-state index in [9.17, 15) is 9.90 Å². The van der Waals surface area contributed by atoms with Crippen LogP contribution in [0, 0.1) is 0 Å². The van der Waals surface area contributed by atoms with Gasteiger partial charge in [0.2, 0.25) is 5.91 Å². The molecule has 1 aliphatic rings. The van der Waals surface area contributed by atoms with Crippen LogP contribution in [-0.4, -0.2) is 33.1 Å². The highest BCUT2D eigenvalue weighted by atomic mass is 16.3. The van der Waals surface area contributed by atoms with Crippen LogP contribution in [0.4, 0.5) is 0 Å². The van der Waals surface area contributed by atoms with E-state index in [1.54, 1.807) is 12.3 Å². The van der Waals surface area contributed by atoms with E-state index >= 15 is 0 Å². The van der Waals surface area contributed by atoms with Crippen LogP contribution in [0.3, 0.4) is 0 Å². The van der Waals surface area contributed by atoms with E-state index in [0.29, 0.717) is 12.2 Å². The van der Waals surface area contributed by atoms with Crippen LogP contribution in [0.15, 0.2) is 36.5 Å². The molecule has 3 rings (SSSR count). The molecule has 1 aliphatic carbocycles. The number of hydrogen-bond donors (Lipinski definition) is 2. The number of carbonyl (C=O) groups excluding carboxylic acids is 1. The molecule has 21 heavy (non-hydrogen) atoms. The first-order chi connectivity index (χ1) is 10.1. The zero-order chi connectivity index (χ0) is 14.7. The van der Waals surface area contributed by atoms with Crippen molar-refractivity contribution in [2.45, 2.75) is 24.9 Å². The second-order valence-electron chi connectivity index (χ2n) is 5.41. The van der Waals surface area contributed by atoms with Crippen LogP contribution < -0.4 is 5.32 Å². The van der Waals surface area contributed by atoms with Gasteiger partial charge in [0.15, 0.2) is 0 Å². The summed E-state index contributed by atoms with van der Waals surface area (Å²) in [5.41, 5.74) is 1.55. The van der Waals surface area contributed by atoms with Gasteiger partial charge in [0.25, 0.3) is 0 Å². The van der Waals surface area contributed by atoms with E-state index in [2.05, 4.69) is 15.3 Å². The van der Waals surface area contributed by atoms with Crippen LogP contribution in [0.1, 0.15) is 25.0 Å². The Hall–Kier alpha value is -2.27. The molecule has 1 saturated carbocycles. The molecular weight excluding hydrogens is 266 g/mol. The van der Waals surface area contributed by atoms with E-state index in [1.165, 1.54) is 6.08 Å². The quantitative estimate of drug-likeness (QED) is 0.837. The minimum Gasteiger partial charge on any atom is -0.388 e. The van der Waals surface area contributed by atoms with Gasteiger partial charge in [0.1, 0.15) is 0 Å². The summed E-state index contributed by atoms with van der Waals surface area (Å²) >= 11 is 0. The minimum atomic E-state index is -0.702. The van der Waals surface area contributed by atoms with Crippen LogP contribution in [0.25, 0.3) is 17.1 Å². The number of aromatic nitrogens is 2. The summed E-state index contributed by atoms with van der Waals surface area (Å²) in [4.78, 5) is 20.4. The van der Waals surface area contributed by atoms with Gasteiger partial charge in [-0.15, -0.1) is 0 Å². The van der Waals surface area contributed by atoms with Crippen molar-refractivity contribution >= 4 is 23.0 Å². The first-order valence-corrected chi connectivity index (χ1v) is 7.05. The number of nitrogens with zero attached hydrogens (tertiary/aromatic N) is 2. The van der Waals surface area contributed by atoms with Crippen LogP contribution >= 0.6 is 0 Å². The molecular formula is C16H17N3O2. The summed E-state index contributed by atoms with van der Waals surface area (Å²) in [6.07, 6.45) is 7.21. The second-order valence-corrected chi connectivity index (χ2v) is 5.41. The molecule has 1 aromatic carbocycles. The zero-order valence-corrected chi connectivity index (χ0v) is 11.6. The van der Waals surface area contributed by atoms with Gasteiger partial charge in [-0.25, -0.2) is 4.98 Å². The molecule has 2 N–H and O–H groups in total. The van der Waals surface area contributed by atoms with Crippen molar-refractivity contribution in [1.82, 2.24) is 15.3 Å². The van der Waals surface area contributed by atoms with Gasteiger partial charge in [-0.2, -0.15) is 0 Å². The normalized spacial score (nSPS) is 16.8. The molecule has 5 heteroatoms. The lowest BCUT2D eigenvalue weighted by Crippen LogP contribution is -2.47. The molecule has 2 aromatic rings. The summed E-state index contributed by atoms with van der Waals surface area (Å²) in [5, 5.41) is 12.6. The Morgan fingerprint density at radius 3 is 2.81 bits per heavy atom. The minimum absolute atomic E-state index is 0.231. The molecule has 0 atom stereocenters. The Labute approximate surface area is 122 Å². The summed E-state index contributed by atoms with van der Waals surface area (Å²) in [6.45, 7) is 0.305. The molecule has 1 fully saturated rings. The highest BCUT2D eigenvalue weighted by Gasteiger charge is 2.34. The van der Waals surface area contributed by atoms with Crippen LogP contribution in [0.2, 0.25) is 0 Å². The molecule has 0 aliphatic heterocycles. The number of aliphatic hydroxyl groups is 1.